The maximum Gasteiger partial charge on any atom is 0.327 e. The lowest BCUT2D eigenvalue weighted by molar-refractivity contribution is -0.144. The lowest BCUT2D eigenvalue weighted by Crippen LogP contribution is -2.16. The minimum atomic E-state index is -0.284. The smallest absolute Gasteiger partial charge is 0.327 e. The fourth-order valence-corrected chi connectivity index (χ4v) is 2.14. The Morgan fingerprint density at radius 1 is 1.29 bits per heavy atom. The molecule has 0 fully saturated rings. The number of rotatable bonds is 6. The van der Waals surface area contributed by atoms with E-state index >= 15 is 0 Å². The highest BCUT2D eigenvalue weighted by atomic mass is 16.5. The predicted molar refractivity (Wildman–Crippen MR) is 81.8 cm³/mol. The molecule has 0 spiro atoms. The highest BCUT2D eigenvalue weighted by molar-refractivity contribution is 5.69. The van der Waals surface area contributed by atoms with Crippen LogP contribution in [0.15, 0.2) is 30.3 Å². The molecule has 0 aliphatic rings. The van der Waals surface area contributed by atoms with Crippen molar-refractivity contribution >= 4 is 11.7 Å². The number of nitrogen functional groups attached to an aromatic ring is 1. The van der Waals surface area contributed by atoms with Gasteiger partial charge >= 0.3 is 5.97 Å². The minimum absolute atomic E-state index is 0.106. The van der Waals surface area contributed by atoms with E-state index in [1.54, 1.807) is 4.68 Å². The zero-order valence-electron chi connectivity index (χ0n) is 12.5. The quantitative estimate of drug-likeness (QED) is 0.653. The summed E-state index contributed by atoms with van der Waals surface area (Å²) in [5.74, 6) is -0.284. The Morgan fingerprint density at radius 3 is 2.62 bits per heavy atom. The van der Waals surface area contributed by atoms with Gasteiger partial charge in [-0.25, -0.2) is 0 Å². The van der Waals surface area contributed by atoms with Crippen molar-refractivity contribution in [1.29, 1.82) is 0 Å². The van der Waals surface area contributed by atoms with E-state index in [-0.39, 0.29) is 12.5 Å². The first-order chi connectivity index (χ1) is 10.1. The maximum absolute atomic E-state index is 11.8. The molecule has 0 unspecified atom stereocenters. The molecule has 0 aliphatic heterocycles. The van der Waals surface area contributed by atoms with Crippen LogP contribution in [0.2, 0.25) is 0 Å². The summed E-state index contributed by atoms with van der Waals surface area (Å²) >= 11 is 0. The Balaban J connectivity index is 1.74. The number of nitrogens with two attached hydrogens (primary N) is 1. The summed E-state index contributed by atoms with van der Waals surface area (Å²) in [7, 11) is 0. The standard InChI is InChI=1S/C16H21N3O2/c1-12-16(17)13(2)19(18-12)11-15(20)21-10-6-9-14-7-4-3-5-8-14/h3-5,7-8H,6,9-11,17H2,1-2H3. The molecule has 21 heavy (non-hydrogen) atoms. The van der Waals surface area contributed by atoms with Crippen LogP contribution >= 0.6 is 0 Å². The van der Waals surface area contributed by atoms with Gasteiger partial charge in [-0.1, -0.05) is 30.3 Å². The van der Waals surface area contributed by atoms with Crippen LogP contribution in [0.25, 0.3) is 0 Å². The van der Waals surface area contributed by atoms with E-state index in [0.717, 1.165) is 24.2 Å². The Hall–Kier alpha value is -2.30. The van der Waals surface area contributed by atoms with E-state index in [1.165, 1.54) is 5.56 Å². The number of aryl methyl sites for hydroxylation is 2. The molecule has 0 atom stereocenters. The van der Waals surface area contributed by atoms with Crippen molar-refractivity contribution in [3.63, 3.8) is 0 Å². The van der Waals surface area contributed by atoms with Crippen molar-refractivity contribution in [3.8, 4) is 0 Å². The Bertz CT molecular complexity index is 605. The lowest BCUT2D eigenvalue weighted by atomic mass is 10.1. The molecule has 2 rings (SSSR count). The molecule has 0 saturated carbocycles. The molecule has 5 nitrogen and oxygen atoms in total. The zero-order chi connectivity index (χ0) is 15.2. The third-order valence-corrected chi connectivity index (χ3v) is 3.43. The van der Waals surface area contributed by atoms with Gasteiger partial charge in [0.2, 0.25) is 0 Å². The van der Waals surface area contributed by atoms with Crippen LogP contribution in [0.5, 0.6) is 0 Å². The SMILES string of the molecule is Cc1nn(CC(=O)OCCCc2ccccc2)c(C)c1N. The minimum Gasteiger partial charge on any atom is -0.464 e. The second-order valence-electron chi connectivity index (χ2n) is 5.05. The normalized spacial score (nSPS) is 10.6. The number of anilines is 1. The van der Waals surface area contributed by atoms with Crippen LogP contribution in [-0.4, -0.2) is 22.4 Å². The zero-order valence-corrected chi connectivity index (χ0v) is 12.5. The fraction of sp³-hybridized carbons (Fsp3) is 0.375. The van der Waals surface area contributed by atoms with E-state index < -0.39 is 0 Å². The average Bonchev–Trinajstić information content (AvgIpc) is 2.72. The van der Waals surface area contributed by atoms with Gasteiger partial charge in [-0.3, -0.25) is 9.48 Å². The van der Waals surface area contributed by atoms with Crippen LogP contribution in [0.1, 0.15) is 23.4 Å². The number of benzene rings is 1. The third-order valence-electron chi connectivity index (χ3n) is 3.43. The number of carbonyl (C=O) groups excluding carboxylic acids is 1. The number of hydrogen-bond acceptors (Lipinski definition) is 4. The molecule has 1 heterocycles. The molecule has 1 aromatic carbocycles. The van der Waals surface area contributed by atoms with Crippen LogP contribution in [0, 0.1) is 13.8 Å². The number of aromatic nitrogens is 2. The first-order valence-corrected chi connectivity index (χ1v) is 7.07. The van der Waals surface area contributed by atoms with Gasteiger partial charge < -0.3 is 10.5 Å². The van der Waals surface area contributed by atoms with Gasteiger partial charge in [0.05, 0.1) is 23.7 Å². The van der Waals surface area contributed by atoms with E-state index in [1.807, 2.05) is 32.0 Å². The van der Waals surface area contributed by atoms with Gasteiger partial charge in [0.25, 0.3) is 0 Å². The molecule has 0 aliphatic carbocycles. The van der Waals surface area contributed by atoms with E-state index in [4.69, 9.17) is 10.5 Å². The summed E-state index contributed by atoms with van der Waals surface area (Å²) in [4.78, 5) is 11.8. The summed E-state index contributed by atoms with van der Waals surface area (Å²) in [5.41, 5.74) is 9.25. The summed E-state index contributed by atoms with van der Waals surface area (Å²) in [5, 5.41) is 4.22. The van der Waals surface area contributed by atoms with Crippen LogP contribution in [0.4, 0.5) is 5.69 Å². The fourth-order valence-electron chi connectivity index (χ4n) is 2.14. The highest BCUT2D eigenvalue weighted by Gasteiger charge is 2.12. The molecule has 2 aromatic rings. The average molecular weight is 287 g/mol. The van der Waals surface area contributed by atoms with Crippen molar-refractivity contribution < 1.29 is 9.53 Å². The number of carbonyl (C=O) groups is 1. The molecular weight excluding hydrogens is 266 g/mol. The molecule has 0 amide bonds. The maximum atomic E-state index is 11.8. The molecule has 5 heteroatoms. The predicted octanol–water partition coefficient (Wildman–Crippen LogP) is 2.26. The van der Waals surface area contributed by atoms with Crippen molar-refractivity contribution in [2.24, 2.45) is 0 Å². The summed E-state index contributed by atoms with van der Waals surface area (Å²) < 4.78 is 6.82. The van der Waals surface area contributed by atoms with Crippen LogP contribution < -0.4 is 5.73 Å². The number of nitrogens with zero attached hydrogens (tertiary/aromatic N) is 2. The lowest BCUT2D eigenvalue weighted by Gasteiger charge is -2.06. The molecule has 112 valence electrons. The van der Waals surface area contributed by atoms with E-state index in [2.05, 4.69) is 17.2 Å². The van der Waals surface area contributed by atoms with Crippen molar-refractivity contribution in [2.75, 3.05) is 12.3 Å². The Kier molecular flexibility index (Phi) is 4.98. The largest absolute Gasteiger partial charge is 0.464 e. The van der Waals surface area contributed by atoms with Gasteiger partial charge in [0.15, 0.2) is 0 Å². The number of ether oxygens (including phenoxy) is 1. The third kappa shape index (κ3) is 4.08. The topological polar surface area (TPSA) is 70.1 Å². The second-order valence-corrected chi connectivity index (χ2v) is 5.05. The monoisotopic (exact) mass is 287 g/mol. The Morgan fingerprint density at radius 2 is 2.00 bits per heavy atom. The van der Waals surface area contributed by atoms with Crippen LogP contribution in [-0.2, 0) is 22.5 Å². The second kappa shape index (κ2) is 6.92. The van der Waals surface area contributed by atoms with Gasteiger partial charge in [0, 0.05) is 0 Å². The van der Waals surface area contributed by atoms with Crippen molar-refractivity contribution in [2.45, 2.75) is 33.2 Å². The number of hydrogen-bond donors (Lipinski definition) is 1. The van der Waals surface area contributed by atoms with Gasteiger partial charge in [0.1, 0.15) is 6.54 Å². The summed E-state index contributed by atoms with van der Waals surface area (Å²) in [6.45, 7) is 4.19. The summed E-state index contributed by atoms with van der Waals surface area (Å²) in [6.07, 6.45) is 1.72. The van der Waals surface area contributed by atoms with Gasteiger partial charge in [-0.05, 0) is 32.3 Å². The van der Waals surface area contributed by atoms with Crippen LogP contribution in [0.3, 0.4) is 0 Å². The van der Waals surface area contributed by atoms with E-state index in [9.17, 15) is 4.79 Å². The molecule has 0 bridgehead atoms. The van der Waals surface area contributed by atoms with Crippen molar-refractivity contribution in [3.05, 3.63) is 47.3 Å². The van der Waals surface area contributed by atoms with Gasteiger partial charge in [-0.15, -0.1) is 0 Å². The highest BCUT2D eigenvalue weighted by Crippen LogP contribution is 2.14. The van der Waals surface area contributed by atoms with E-state index in [0.29, 0.717) is 12.3 Å². The first kappa shape index (κ1) is 15.1. The molecule has 1 aromatic heterocycles. The number of esters is 1. The first-order valence-electron chi connectivity index (χ1n) is 7.07. The van der Waals surface area contributed by atoms with Crippen molar-refractivity contribution in [1.82, 2.24) is 9.78 Å². The molecule has 0 radical (unpaired) electrons. The molecule has 2 N–H and O–H groups in total. The molecular formula is C16H21N3O2. The summed E-state index contributed by atoms with van der Waals surface area (Å²) in [6, 6.07) is 10.1. The molecule has 0 saturated heterocycles. The van der Waals surface area contributed by atoms with Gasteiger partial charge in [-0.2, -0.15) is 5.10 Å². The Labute approximate surface area is 124 Å².